The van der Waals surface area contributed by atoms with Gasteiger partial charge in [0.1, 0.15) is 6.54 Å². The molecule has 0 unspecified atom stereocenters. The van der Waals surface area contributed by atoms with Gasteiger partial charge < -0.3 is 15.0 Å². The van der Waals surface area contributed by atoms with E-state index in [2.05, 4.69) is 15.3 Å². The third kappa shape index (κ3) is 6.60. The quantitative estimate of drug-likeness (QED) is 0.517. The molecule has 0 saturated carbocycles. The Morgan fingerprint density at radius 3 is 2.69 bits per heavy atom. The molecule has 4 rings (SSSR count). The lowest BCUT2D eigenvalue weighted by atomic mass is 10.1. The molecular formula is C26H32ClN5O3. The molecule has 1 aliphatic rings. The fourth-order valence-electron chi connectivity index (χ4n) is 4.17. The predicted molar refractivity (Wildman–Crippen MR) is 137 cm³/mol. The van der Waals surface area contributed by atoms with Crippen molar-refractivity contribution < 1.29 is 9.53 Å². The number of rotatable bonds is 8. The summed E-state index contributed by atoms with van der Waals surface area (Å²) >= 11 is 6.19. The first kappa shape index (κ1) is 25.2. The summed E-state index contributed by atoms with van der Waals surface area (Å²) in [6, 6.07) is 14.9. The van der Waals surface area contributed by atoms with Gasteiger partial charge in [-0.2, -0.15) is 4.68 Å². The van der Waals surface area contributed by atoms with Gasteiger partial charge in [0.2, 0.25) is 5.91 Å². The van der Waals surface area contributed by atoms with Crippen LogP contribution in [0.15, 0.2) is 53.3 Å². The number of halogens is 1. The molecule has 3 aromatic rings. The lowest BCUT2D eigenvalue weighted by molar-refractivity contribution is -0.122. The number of carbonyl (C=O) groups is 1. The van der Waals surface area contributed by atoms with E-state index in [1.54, 1.807) is 18.2 Å². The molecule has 1 N–H and O–H groups in total. The molecule has 186 valence electrons. The van der Waals surface area contributed by atoms with Gasteiger partial charge in [-0.25, -0.2) is 4.79 Å². The number of carbonyl (C=O) groups excluding carboxylic acids is 1. The van der Waals surface area contributed by atoms with Gasteiger partial charge in [0.25, 0.3) is 0 Å². The minimum Gasteiger partial charge on any atom is -0.380 e. The van der Waals surface area contributed by atoms with Crippen LogP contribution in [0.1, 0.15) is 25.8 Å². The molecule has 1 aromatic heterocycles. The second-order valence-electron chi connectivity index (χ2n) is 9.06. The van der Waals surface area contributed by atoms with Crippen LogP contribution in [0.5, 0.6) is 0 Å². The Balaban J connectivity index is 1.58. The van der Waals surface area contributed by atoms with Crippen LogP contribution in [0.3, 0.4) is 0 Å². The molecule has 0 bridgehead atoms. The minimum absolute atomic E-state index is 0.0303. The summed E-state index contributed by atoms with van der Waals surface area (Å²) in [7, 11) is 0. The van der Waals surface area contributed by atoms with Crippen LogP contribution in [0.2, 0.25) is 5.02 Å². The molecule has 35 heavy (non-hydrogen) atoms. The van der Waals surface area contributed by atoms with Crippen LogP contribution in [-0.2, 0) is 22.5 Å². The fraction of sp³-hybridized carbons (Fsp3) is 0.423. The lowest BCUT2D eigenvalue weighted by Crippen LogP contribution is -2.36. The van der Waals surface area contributed by atoms with Crippen LogP contribution in [0.25, 0.3) is 17.1 Å². The second kappa shape index (κ2) is 11.7. The van der Waals surface area contributed by atoms with E-state index < -0.39 is 0 Å². The Bertz CT molecular complexity index is 1190. The van der Waals surface area contributed by atoms with E-state index in [9.17, 15) is 9.59 Å². The summed E-state index contributed by atoms with van der Waals surface area (Å²) in [5.41, 5.74) is 2.13. The maximum absolute atomic E-state index is 13.4. The first-order chi connectivity index (χ1) is 16.9. The molecular weight excluding hydrogens is 466 g/mol. The Morgan fingerprint density at radius 1 is 1.14 bits per heavy atom. The van der Waals surface area contributed by atoms with E-state index in [4.69, 9.17) is 16.3 Å². The standard InChI is InChI=1S/C26H32ClN5O3/c1-19(2)28-24(33)18-31-25(21-5-3-6-22(27)17-21)29-32(26(31)34)23-9-7-20(8-10-23)11-13-30-12-4-15-35-16-14-30/h3,5-10,17,19H,4,11-16,18H2,1-2H3,(H,28,33). The average molecular weight is 498 g/mol. The SMILES string of the molecule is CC(C)NC(=O)Cn1c(-c2cccc(Cl)c2)nn(-c2ccc(CCN3CCCOCC3)cc2)c1=O. The lowest BCUT2D eigenvalue weighted by Gasteiger charge is -2.18. The van der Waals surface area contributed by atoms with Crippen molar-refractivity contribution in [2.45, 2.75) is 39.3 Å². The molecule has 8 nitrogen and oxygen atoms in total. The third-order valence-corrected chi connectivity index (χ3v) is 6.14. The number of nitrogens with zero attached hydrogens (tertiary/aromatic N) is 4. The highest BCUT2D eigenvalue weighted by Crippen LogP contribution is 2.21. The summed E-state index contributed by atoms with van der Waals surface area (Å²) in [6.07, 6.45) is 1.99. The Morgan fingerprint density at radius 2 is 1.94 bits per heavy atom. The first-order valence-corrected chi connectivity index (χ1v) is 12.4. The molecule has 2 aromatic carbocycles. The van der Waals surface area contributed by atoms with Gasteiger partial charge in [0.05, 0.1) is 12.3 Å². The number of hydrogen-bond acceptors (Lipinski definition) is 5. The molecule has 0 atom stereocenters. The molecule has 9 heteroatoms. The largest absolute Gasteiger partial charge is 0.380 e. The molecule has 1 fully saturated rings. The summed E-state index contributed by atoms with van der Waals surface area (Å²) < 4.78 is 8.26. The van der Waals surface area contributed by atoms with Gasteiger partial charge in [-0.15, -0.1) is 5.10 Å². The van der Waals surface area contributed by atoms with E-state index in [0.717, 1.165) is 45.7 Å². The van der Waals surface area contributed by atoms with Crippen LogP contribution < -0.4 is 11.0 Å². The highest BCUT2D eigenvalue weighted by molar-refractivity contribution is 6.30. The van der Waals surface area contributed by atoms with Crippen molar-refractivity contribution in [1.29, 1.82) is 0 Å². The number of aromatic nitrogens is 3. The van der Waals surface area contributed by atoms with E-state index in [1.165, 1.54) is 14.8 Å². The van der Waals surface area contributed by atoms with Crippen LogP contribution in [0.4, 0.5) is 0 Å². The normalized spacial score (nSPS) is 14.7. The first-order valence-electron chi connectivity index (χ1n) is 12.1. The van der Waals surface area contributed by atoms with E-state index >= 15 is 0 Å². The average Bonchev–Trinajstić information content (AvgIpc) is 2.99. The minimum atomic E-state index is -0.379. The molecule has 1 aliphatic heterocycles. The predicted octanol–water partition coefficient (Wildman–Crippen LogP) is 3.14. The molecule has 0 aliphatic carbocycles. The zero-order chi connectivity index (χ0) is 24.8. The number of benzene rings is 2. The smallest absolute Gasteiger partial charge is 0.351 e. The zero-order valence-electron chi connectivity index (χ0n) is 20.2. The Labute approximate surface area is 210 Å². The van der Waals surface area contributed by atoms with Crippen molar-refractivity contribution in [3.05, 3.63) is 69.6 Å². The number of amides is 1. The number of hydrogen-bond donors (Lipinski definition) is 1. The van der Waals surface area contributed by atoms with Gasteiger partial charge in [0, 0.05) is 42.9 Å². The van der Waals surface area contributed by atoms with Crippen molar-refractivity contribution in [3.63, 3.8) is 0 Å². The highest BCUT2D eigenvalue weighted by atomic mass is 35.5. The van der Waals surface area contributed by atoms with Crippen molar-refractivity contribution in [2.75, 3.05) is 32.8 Å². The molecule has 2 heterocycles. The van der Waals surface area contributed by atoms with Crippen molar-refractivity contribution in [2.24, 2.45) is 0 Å². The Hall–Kier alpha value is -2.94. The summed E-state index contributed by atoms with van der Waals surface area (Å²) in [5.74, 6) is 0.142. The molecule has 1 saturated heterocycles. The maximum Gasteiger partial charge on any atom is 0.351 e. The van der Waals surface area contributed by atoms with Gasteiger partial charge in [-0.05, 0) is 56.5 Å². The van der Waals surface area contributed by atoms with E-state index in [1.807, 2.05) is 44.2 Å². The van der Waals surface area contributed by atoms with Crippen molar-refractivity contribution >= 4 is 17.5 Å². The molecule has 1 amide bonds. The highest BCUT2D eigenvalue weighted by Gasteiger charge is 2.19. The summed E-state index contributed by atoms with van der Waals surface area (Å²) in [4.78, 5) is 28.3. The van der Waals surface area contributed by atoms with Gasteiger partial charge in [-0.1, -0.05) is 35.9 Å². The second-order valence-corrected chi connectivity index (χ2v) is 9.50. The van der Waals surface area contributed by atoms with Crippen LogP contribution in [-0.4, -0.2) is 64.0 Å². The third-order valence-electron chi connectivity index (χ3n) is 5.91. The van der Waals surface area contributed by atoms with Crippen LogP contribution in [0, 0.1) is 0 Å². The maximum atomic E-state index is 13.4. The van der Waals surface area contributed by atoms with Gasteiger partial charge in [-0.3, -0.25) is 9.36 Å². The topological polar surface area (TPSA) is 81.4 Å². The number of nitrogens with one attached hydrogen (secondary N) is 1. The molecule has 0 spiro atoms. The van der Waals surface area contributed by atoms with Crippen molar-refractivity contribution in [3.8, 4) is 17.1 Å². The zero-order valence-corrected chi connectivity index (χ0v) is 21.0. The summed E-state index contributed by atoms with van der Waals surface area (Å²) in [5, 5.41) is 7.96. The van der Waals surface area contributed by atoms with E-state index in [-0.39, 0.29) is 24.2 Å². The van der Waals surface area contributed by atoms with E-state index in [0.29, 0.717) is 22.1 Å². The number of ether oxygens (including phenoxy) is 1. The van der Waals surface area contributed by atoms with Crippen molar-refractivity contribution in [1.82, 2.24) is 24.6 Å². The fourth-order valence-corrected chi connectivity index (χ4v) is 4.36. The molecule has 0 radical (unpaired) electrons. The van der Waals surface area contributed by atoms with Crippen LogP contribution >= 0.6 is 11.6 Å². The summed E-state index contributed by atoms with van der Waals surface area (Å²) in [6.45, 7) is 8.24. The van der Waals surface area contributed by atoms with Gasteiger partial charge >= 0.3 is 5.69 Å². The monoisotopic (exact) mass is 497 g/mol. The Kier molecular flexibility index (Phi) is 8.38. The van der Waals surface area contributed by atoms with Gasteiger partial charge in [0.15, 0.2) is 5.82 Å².